The van der Waals surface area contributed by atoms with Gasteiger partial charge in [0.05, 0.1) is 16.6 Å². The number of carbonyl (C=O) groups excluding carboxylic acids is 1. The highest BCUT2D eigenvalue weighted by atomic mass is 19.1. The Labute approximate surface area is 156 Å². The Balaban J connectivity index is 1.92. The third kappa shape index (κ3) is 4.14. The standard InChI is InChI=1S/C20H22F2N4O/c1-3-25(4-2)11-12-26-18-8-6-5-7-17(18)23-20(26)24-19(27)15-13-14(21)9-10-16(15)22/h5-10,13H,3-4,11-12H2,1-2H3,(H,23,24,27). The van der Waals surface area contributed by atoms with E-state index in [-0.39, 0.29) is 5.56 Å². The van der Waals surface area contributed by atoms with Gasteiger partial charge in [-0.3, -0.25) is 10.1 Å². The van der Waals surface area contributed by atoms with E-state index in [1.807, 2.05) is 28.8 Å². The molecule has 0 fully saturated rings. The second kappa shape index (κ2) is 8.26. The van der Waals surface area contributed by atoms with Crippen molar-refractivity contribution in [2.45, 2.75) is 20.4 Å². The van der Waals surface area contributed by atoms with Gasteiger partial charge in [0.25, 0.3) is 5.91 Å². The second-order valence-electron chi connectivity index (χ2n) is 6.18. The van der Waals surface area contributed by atoms with E-state index in [1.54, 1.807) is 0 Å². The van der Waals surface area contributed by atoms with E-state index in [1.165, 1.54) is 0 Å². The van der Waals surface area contributed by atoms with Crippen LogP contribution in [0.4, 0.5) is 14.7 Å². The fraction of sp³-hybridized carbons (Fsp3) is 0.300. The van der Waals surface area contributed by atoms with Crippen LogP contribution in [-0.2, 0) is 6.54 Å². The molecule has 0 aliphatic heterocycles. The number of rotatable bonds is 7. The predicted octanol–water partition coefficient (Wildman–Crippen LogP) is 3.91. The molecule has 0 aliphatic rings. The number of fused-ring (bicyclic) bond motifs is 1. The van der Waals surface area contributed by atoms with E-state index < -0.39 is 17.5 Å². The van der Waals surface area contributed by atoms with E-state index >= 15 is 0 Å². The molecular weight excluding hydrogens is 350 g/mol. The van der Waals surface area contributed by atoms with E-state index in [0.29, 0.717) is 12.5 Å². The van der Waals surface area contributed by atoms with E-state index in [4.69, 9.17) is 0 Å². The molecule has 0 spiro atoms. The van der Waals surface area contributed by atoms with E-state index in [9.17, 15) is 13.6 Å². The molecule has 0 aliphatic carbocycles. The summed E-state index contributed by atoms with van der Waals surface area (Å²) < 4.78 is 29.2. The molecule has 2 aromatic carbocycles. The highest BCUT2D eigenvalue weighted by molar-refractivity contribution is 6.04. The zero-order valence-electron chi connectivity index (χ0n) is 15.4. The SMILES string of the molecule is CCN(CC)CCn1c(NC(=O)c2cc(F)ccc2F)nc2ccccc21. The van der Waals surface area contributed by atoms with Gasteiger partial charge in [0, 0.05) is 13.1 Å². The average Bonchev–Trinajstić information content (AvgIpc) is 3.01. The van der Waals surface area contributed by atoms with Crippen molar-refractivity contribution in [2.75, 3.05) is 25.0 Å². The predicted molar refractivity (Wildman–Crippen MR) is 102 cm³/mol. The second-order valence-corrected chi connectivity index (χ2v) is 6.18. The molecule has 1 aromatic heterocycles. The van der Waals surface area contributed by atoms with Crippen molar-refractivity contribution in [3.63, 3.8) is 0 Å². The van der Waals surface area contributed by atoms with Crippen molar-refractivity contribution in [1.82, 2.24) is 14.5 Å². The number of nitrogens with zero attached hydrogens (tertiary/aromatic N) is 3. The number of aromatic nitrogens is 2. The molecule has 0 bridgehead atoms. The van der Waals surface area contributed by atoms with Crippen LogP contribution in [0.1, 0.15) is 24.2 Å². The highest BCUT2D eigenvalue weighted by Crippen LogP contribution is 2.21. The number of imidazole rings is 1. The molecule has 0 unspecified atom stereocenters. The summed E-state index contributed by atoms with van der Waals surface area (Å²) in [5, 5.41) is 2.63. The molecule has 3 aromatic rings. The Bertz CT molecular complexity index is 950. The van der Waals surface area contributed by atoms with Crippen molar-refractivity contribution < 1.29 is 13.6 Å². The Morgan fingerprint density at radius 1 is 1.15 bits per heavy atom. The first-order valence-corrected chi connectivity index (χ1v) is 8.97. The van der Waals surface area contributed by atoms with Crippen molar-refractivity contribution in [3.8, 4) is 0 Å². The van der Waals surface area contributed by atoms with Gasteiger partial charge in [-0.1, -0.05) is 26.0 Å². The minimum absolute atomic E-state index is 0.317. The zero-order chi connectivity index (χ0) is 19.4. The van der Waals surface area contributed by atoms with Crippen LogP contribution >= 0.6 is 0 Å². The van der Waals surface area contributed by atoms with E-state index in [0.717, 1.165) is 48.9 Å². The largest absolute Gasteiger partial charge is 0.309 e. The Morgan fingerprint density at radius 2 is 1.89 bits per heavy atom. The van der Waals surface area contributed by atoms with Gasteiger partial charge in [0.15, 0.2) is 0 Å². The molecule has 0 saturated carbocycles. The summed E-state index contributed by atoms with van der Waals surface area (Å²) in [6.07, 6.45) is 0. The van der Waals surface area contributed by atoms with Gasteiger partial charge < -0.3 is 9.47 Å². The molecule has 0 atom stereocenters. The highest BCUT2D eigenvalue weighted by Gasteiger charge is 2.18. The molecular formula is C20H22F2N4O. The van der Waals surface area contributed by atoms with Crippen LogP contribution < -0.4 is 5.32 Å². The van der Waals surface area contributed by atoms with Crippen molar-refractivity contribution in [3.05, 3.63) is 59.7 Å². The first-order valence-electron chi connectivity index (χ1n) is 8.97. The quantitative estimate of drug-likeness (QED) is 0.684. The summed E-state index contributed by atoms with van der Waals surface area (Å²) in [6, 6.07) is 10.3. The van der Waals surface area contributed by atoms with Gasteiger partial charge >= 0.3 is 0 Å². The topological polar surface area (TPSA) is 50.2 Å². The summed E-state index contributed by atoms with van der Waals surface area (Å²) in [6.45, 7) is 7.41. The number of hydrogen-bond donors (Lipinski definition) is 1. The van der Waals surface area contributed by atoms with Crippen molar-refractivity contribution in [1.29, 1.82) is 0 Å². The first-order chi connectivity index (χ1) is 13.0. The van der Waals surface area contributed by atoms with Crippen molar-refractivity contribution in [2.24, 2.45) is 0 Å². The fourth-order valence-corrected chi connectivity index (χ4v) is 3.02. The minimum atomic E-state index is -0.778. The maximum Gasteiger partial charge on any atom is 0.261 e. The molecule has 5 nitrogen and oxygen atoms in total. The van der Waals surface area contributed by atoms with Crippen LogP contribution in [-0.4, -0.2) is 40.0 Å². The Kier molecular flexibility index (Phi) is 5.81. The van der Waals surface area contributed by atoms with Crippen LogP contribution in [0.25, 0.3) is 11.0 Å². The number of likely N-dealkylation sites (N-methyl/N-ethyl adjacent to an activating group) is 1. The summed E-state index contributed by atoms with van der Waals surface area (Å²) in [5.74, 6) is -1.86. The number of para-hydroxylation sites is 2. The number of halogens is 2. The number of hydrogen-bond acceptors (Lipinski definition) is 3. The average molecular weight is 372 g/mol. The Hall–Kier alpha value is -2.80. The minimum Gasteiger partial charge on any atom is -0.309 e. The number of amides is 1. The zero-order valence-corrected chi connectivity index (χ0v) is 15.4. The van der Waals surface area contributed by atoms with Gasteiger partial charge in [-0.15, -0.1) is 0 Å². The van der Waals surface area contributed by atoms with Gasteiger partial charge in [-0.2, -0.15) is 0 Å². The maximum absolute atomic E-state index is 13.9. The number of anilines is 1. The molecule has 7 heteroatoms. The van der Waals surface area contributed by atoms with Crippen LogP contribution in [0.5, 0.6) is 0 Å². The summed E-state index contributed by atoms with van der Waals surface area (Å²) >= 11 is 0. The lowest BCUT2D eigenvalue weighted by atomic mass is 10.2. The lowest BCUT2D eigenvalue weighted by Gasteiger charge is -2.19. The third-order valence-corrected chi connectivity index (χ3v) is 4.59. The first kappa shape index (κ1) is 19.0. The molecule has 0 radical (unpaired) electrons. The molecule has 1 amide bonds. The van der Waals surface area contributed by atoms with Crippen LogP contribution in [0.3, 0.4) is 0 Å². The smallest absolute Gasteiger partial charge is 0.261 e. The number of carbonyl (C=O) groups is 1. The van der Waals surface area contributed by atoms with Crippen LogP contribution in [0, 0.1) is 11.6 Å². The lowest BCUT2D eigenvalue weighted by molar-refractivity contribution is 0.102. The summed E-state index contributed by atoms with van der Waals surface area (Å²) in [4.78, 5) is 19.2. The lowest BCUT2D eigenvalue weighted by Crippen LogP contribution is -2.27. The van der Waals surface area contributed by atoms with Gasteiger partial charge in [-0.05, 0) is 43.4 Å². The van der Waals surface area contributed by atoms with Crippen molar-refractivity contribution >= 4 is 22.9 Å². The normalized spacial score (nSPS) is 11.3. The summed E-state index contributed by atoms with van der Waals surface area (Å²) in [7, 11) is 0. The molecule has 0 saturated heterocycles. The molecule has 1 heterocycles. The number of benzene rings is 2. The van der Waals surface area contributed by atoms with Gasteiger partial charge in [0.2, 0.25) is 5.95 Å². The molecule has 142 valence electrons. The maximum atomic E-state index is 13.9. The van der Waals surface area contributed by atoms with E-state index in [2.05, 4.69) is 29.0 Å². The van der Waals surface area contributed by atoms with Crippen LogP contribution in [0.15, 0.2) is 42.5 Å². The van der Waals surface area contributed by atoms with Gasteiger partial charge in [0.1, 0.15) is 11.6 Å². The van der Waals surface area contributed by atoms with Gasteiger partial charge in [-0.25, -0.2) is 13.8 Å². The number of nitrogens with one attached hydrogen (secondary N) is 1. The monoisotopic (exact) mass is 372 g/mol. The molecule has 27 heavy (non-hydrogen) atoms. The van der Waals surface area contributed by atoms with Crippen LogP contribution in [0.2, 0.25) is 0 Å². The third-order valence-electron chi connectivity index (χ3n) is 4.59. The molecule has 3 rings (SSSR count). The molecule has 1 N–H and O–H groups in total. The summed E-state index contributed by atoms with van der Waals surface area (Å²) in [5.41, 5.74) is 1.25. The fourth-order valence-electron chi connectivity index (χ4n) is 3.02. The Morgan fingerprint density at radius 3 is 2.63 bits per heavy atom.